The van der Waals surface area contributed by atoms with Crippen molar-refractivity contribution in [3.8, 4) is 11.4 Å². The van der Waals surface area contributed by atoms with Crippen molar-refractivity contribution in [3.05, 3.63) is 35.2 Å². The van der Waals surface area contributed by atoms with Gasteiger partial charge in [0, 0.05) is 10.6 Å². The van der Waals surface area contributed by atoms with E-state index in [0.717, 1.165) is 5.56 Å². The third-order valence-corrected chi connectivity index (χ3v) is 2.72. The van der Waals surface area contributed by atoms with Crippen LogP contribution in [0.2, 0.25) is 5.02 Å². The molecular formula is C12H12ClN3O3. The molecule has 0 aliphatic rings. The average molecular weight is 282 g/mol. The lowest BCUT2D eigenvalue weighted by Crippen LogP contribution is -2.33. The number of carboxylic acid groups (broad SMARTS) is 1. The van der Waals surface area contributed by atoms with Gasteiger partial charge in [0.05, 0.1) is 6.54 Å². The minimum atomic E-state index is -0.936. The molecule has 0 amide bonds. The molecule has 0 fully saturated rings. The second-order valence-corrected chi connectivity index (χ2v) is 4.40. The van der Waals surface area contributed by atoms with Gasteiger partial charge in [0.1, 0.15) is 6.04 Å². The van der Waals surface area contributed by atoms with E-state index in [9.17, 15) is 4.79 Å². The highest BCUT2D eigenvalue weighted by molar-refractivity contribution is 6.30. The molecule has 100 valence electrons. The summed E-state index contributed by atoms with van der Waals surface area (Å²) in [5.41, 5.74) is 0.744. The number of benzene rings is 1. The van der Waals surface area contributed by atoms with E-state index >= 15 is 0 Å². The van der Waals surface area contributed by atoms with Gasteiger partial charge in [-0.25, -0.2) is 0 Å². The lowest BCUT2D eigenvalue weighted by Gasteiger charge is -2.05. The molecular weight excluding hydrogens is 270 g/mol. The summed E-state index contributed by atoms with van der Waals surface area (Å²) in [5.74, 6) is -0.195. The van der Waals surface area contributed by atoms with Gasteiger partial charge in [0.15, 0.2) is 0 Å². The summed E-state index contributed by atoms with van der Waals surface area (Å²) in [4.78, 5) is 14.8. The molecule has 2 rings (SSSR count). The van der Waals surface area contributed by atoms with E-state index in [4.69, 9.17) is 21.2 Å². The molecule has 0 bridgehead atoms. The number of hydrogen-bond acceptors (Lipinski definition) is 5. The molecule has 2 N–H and O–H groups in total. The third-order valence-electron chi connectivity index (χ3n) is 2.48. The van der Waals surface area contributed by atoms with E-state index in [-0.39, 0.29) is 6.54 Å². The monoisotopic (exact) mass is 281 g/mol. The Hall–Kier alpha value is -1.92. The summed E-state index contributed by atoms with van der Waals surface area (Å²) in [6.07, 6.45) is 0. The summed E-state index contributed by atoms with van der Waals surface area (Å²) in [7, 11) is 0. The molecule has 2 aromatic rings. The summed E-state index contributed by atoms with van der Waals surface area (Å²) < 4.78 is 5.03. The second-order valence-electron chi connectivity index (χ2n) is 3.96. The Morgan fingerprint density at radius 3 is 3.05 bits per heavy atom. The average Bonchev–Trinajstić information content (AvgIpc) is 2.84. The molecule has 0 aliphatic carbocycles. The van der Waals surface area contributed by atoms with Crippen LogP contribution in [-0.4, -0.2) is 27.3 Å². The molecule has 7 heteroatoms. The minimum absolute atomic E-state index is 0.195. The van der Waals surface area contributed by atoms with E-state index in [1.807, 2.05) is 6.07 Å². The first kappa shape index (κ1) is 13.5. The molecule has 0 saturated carbocycles. The molecule has 0 spiro atoms. The van der Waals surface area contributed by atoms with Gasteiger partial charge in [0.2, 0.25) is 11.7 Å². The Morgan fingerprint density at radius 1 is 1.58 bits per heavy atom. The van der Waals surface area contributed by atoms with Crippen LogP contribution in [0.3, 0.4) is 0 Å². The number of halogens is 1. The van der Waals surface area contributed by atoms with Crippen molar-refractivity contribution in [2.24, 2.45) is 0 Å². The molecule has 6 nitrogen and oxygen atoms in total. The molecule has 0 radical (unpaired) electrons. The predicted molar refractivity (Wildman–Crippen MR) is 68.7 cm³/mol. The zero-order chi connectivity index (χ0) is 13.8. The molecule has 0 aliphatic heterocycles. The lowest BCUT2D eigenvalue weighted by atomic mass is 10.2. The molecule has 1 aromatic carbocycles. The fraction of sp³-hybridized carbons (Fsp3) is 0.250. The number of aliphatic carboxylic acids is 1. The zero-order valence-corrected chi connectivity index (χ0v) is 10.9. The standard InChI is InChI=1S/C12H12ClN3O3/c1-7(12(17)18)14-6-10-15-11(16-19-10)8-3-2-4-9(13)5-8/h2-5,7,14H,6H2,1H3,(H,17,18). The Morgan fingerprint density at radius 2 is 2.37 bits per heavy atom. The smallest absolute Gasteiger partial charge is 0.320 e. The maximum atomic E-state index is 10.6. The molecule has 0 saturated heterocycles. The van der Waals surface area contributed by atoms with Crippen LogP contribution in [0.25, 0.3) is 11.4 Å². The number of rotatable bonds is 5. The van der Waals surface area contributed by atoms with Crippen LogP contribution in [0.5, 0.6) is 0 Å². The minimum Gasteiger partial charge on any atom is -0.480 e. The van der Waals surface area contributed by atoms with Crippen molar-refractivity contribution >= 4 is 17.6 Å². The Balaban J connectivity index is 2.05. The van der Waals surface area contributed by atoms with E-state index in [1.165, 1.54) is 6.92 Å². The van der Waals surface area contributed by atoms with Crippen LogP contribution in [0.1, 0.15) is 12.8 Å². The molecule has 1 atom stereocenters. The van der Waals surface area contributed by atoms with E-state index in [0.29, 0.717) is 16.7 Å². The van der Waals surface area contributed by atoms with E-state index < -0.39 is 12.0 Å². The molecule has 1 unspecified atom stereocenters. The van der Waals surface area contributed by atoms with Crippen molar-refractivity contribution in [3.63, 3.8) is 0 Å². The third kappa shape index (κ3) is 3.52. The van der Waals surface area contributed by atoms with Gasteiger partial charge < -0.3 is 9.63 Å². The maximum Gasteiger partial charge on any atom is 0.320 e. The predicted octanol–water partition coefficient (Wildman–Crippen LogP) is 1.95. The fourth-order valence-corrected chi connectivity index (χ4v) is 1.59. The summed E-state index contributed by atoms with van der Waals surface area (Å²) in [5, 5.41) is 15.9. The van der Waals surface area contributed by atoms with Crippen molar-refractivity contribution < 1.29 is 14.4 Å². The van der Waals surface area contributed by atoms with Crippen molar-refractivity contribution in [2.45, 2.75) is 19.5 Å². The van der Waals surface area contributed by atoms with Crippen molar-refractivity contribution in [1.29, 1.82) is 0 Å². The van der Waals surface area contributed by atoms with Gasteiger partial charge in [-0.3, -0.25) is 10.1 Å². The highest BCUT2D eigenvalue weighted by Gasteiger charge is 2.13. The van der Waals surface area contributed by atoms with Gasteiger partial charge in [-0.15, -0.1) is 0 Å². The first-order chi connectivity index (χ1) is 9.06. The van der Waals surface area contributed by atoms with E-state index in [1.54, 1.807) is 18.2 Å². The van der Waals surface area contributed by atoms with Crippen molar-refractivity contribution in [2.75, 3.05) is 0 Å². The van der Waals surface area contributed by atoms with Crippen LogP contribution < -0.4 is 5.32 Å². The number of nitrogens with zero attached hydrogens (tertiary/aromatic N) is 2. The van der Waals surface area contributed by atoms with Crippen LogP contribution >= 0.6 is 11.6 Å². The summed E-state index contributed by atoms with van der Waals surface area (Å²) in [6, 6.07) is 6.40. The normalized spacial score (nSPS) is 12.3. The molecule has 19 heavy (non-hydrogen) atoms. The molecule has 1 heterocycles. The van der Waals surface area contributed by atoms with Gasteiger partial charge in [0.25, 0.3) is 0 Å². The first-order valence-corrected chi connectivity index (χ1v) is 5.99. The lowest BCUT2D eigenvalue weighted by molar-refractivity contribution is -0.139. The van der Waals surface area contributed by atoms with Gasteiger partial charge in [-0.05, 0) is 19.1 Å². The number of carboxylic acids is 1. The Labute approximate surface area is 114 Å². The zero-order valence-electron chi connectivity index (χ0n) is 10.1. The number of nitrogens with one attached hydrogen (secondary N) is 1. The van der Waals surface area contributed by atoms with Gasteiger partial charge in [-0.2, -0.15) is 4.98 Å². The summed E-state index contributed by atoms with van der Waals surface area (Å²) >= 11 is 5.88. The SMILES string of the molecule is CC(NCc1nc(-c2cccc(Cl)c2)no1)C(=O)O. The fourth-order valence-electron chi connectivity index (χ4n) is 1.40. The largest absolute Gasteiger partial charge is 0.480 e. The Kier molecular flexibility index (Phi) is 4.13. The number of hydrogen-bond donors (Lipinski definition) is 2. The van der Waals surface area contributed by atoms with Crippen LogP contribution in [0, 0.1) is 0 Å². The second kappa shape index (κ2) is 5.81. The van der Waals surface area contributed by atoms with Crippen LogP contribution in [0.15, 0.2) is 28.8 Å². The Bertz CT molecular complexity index is 585. The topological polar surface area (TPSA) is 88.3 Å². The van der Waals surface area contributed by atoms with Crippen molar-refractivity contribution in [1.82, 2.24) is 15.5 Å². The van der Waals surface area contributed by atoms with E-state index in [2.05, 4.69) is 15.5 Å². The molecule has 1 aromatic heterocycles. The summed E-state index contributed by atoms with van der Waals surface area (Å²) in [6.45, 7) is 1.73. The maximum absolute atomic E-state index is 10.6. The number of aromatic nitrogens is 2. The highest BCUT2D eigenvalue weighted by Crippen LogP contribution is 2.19. The number of carbonyl (C=O) groups is 1. The van der Waals surface area contributed by atoms with Crippen LogP contribution in [-0.2, 0) is 11.3 Å². The first-order valence-electron chi connectivity index (χ1n) is 5.61. The highest BCUT2D eigenvalue weighted by atomic mass is 35.5. The van der Waals surface area contributed by atoms with Crippen LogP contribution in [0.4, 0.5) is 0 Å². The van der Waals surface area contributed by atoms with Gasteiger partial charge >= 0.3 is 5.97 Å². The van der Waals surface area contributed by atoms with Gasteiger partial charge in [-0.1, -0.05) is 28.9 Å². The quantitative estimate of drug-likeness (QED) is 0.871.